The molecule has 0 radical (unpaired) electrons. The number of likely N-dealkylation sites (N-methyl/N-ethyl adjacent to an activating group) is 1. The lowest BCUT2D eigenvalue weighted by molar-refractivity contribution is 0.232. The molecule has 1 fully saturated rings. The van der Waals surface area contributed by atoms with Gasteiger partial charge in [0.05, 0.1) is 16.3 Å². The summed E-state index contributed by atoms with van der Waals surface area (Å²) in [6.45, 7) is 6.81. The monoisotopic (exact) mass is 308 g/mol. The Kier molecular flexibility index (Phi) is 3.74. The minimum absolute atomic E-state index is 0.266. The molecule has 0 spiro atoms. The first-order valence-corrected chi connectivity index (χ1v) is 9.54. The Morgan fingerprint density at radius 2 is 1.95 bits per heavy atom. The summed E-state index contributed by atoms with van der Waals surface area (Å²) in [5.74, 6) is 0.740. The fraction of sp³-hybridized carbons (Fsp3) is 0.625. The minimum atomic E-state index is -3.07. The van der Waals surface area contributed by atoms with E-state index in [-0.39, 0.29) is 5.75 Å². The van der Waals surface area contributed by atoms with E-state index < -0.39 is 9.84 Å². The molecule has 5 heteroatoms. The summed E-state index contributed by atoms with van der Waals surface area (Å²) in [7, 11) is -0.918. The number of piperidine rings is 1. The molecule has 4 rings (SSSR count). The molecule has 21 heavy (non-hydrogen) atoms. The van der Waals surface area contributed by atoms with E-state index in [4.69, 9.17) is 0 Å². The first kappa shape index (κ1) is 14.9. The molecule has 3 aliphatic heterocycles. The van der Waals surface area contributed by atoms with Crippen molar-refractivity contribution in [1.82, 2.24) is 4.90 Å². The van der Waals surface area contributed by atoms with Gasteiger partial charge in [0.1, 0.15) is 0 Å². The van der Waals surface area contributed by atoms with Crippen LogP contribution in [0, 0.1) is 0 Å². The number of sulfone groups is 1. The van der Waals surface area contributed by atoms with Crippen molar-refractivity contribution in [3.63, 3.8) is 0 Å². The molecule has 3 heterocycles. The molecule has 3 aliphatic rings. The summed E-state index contributed by atoms with van der Waals surface area (Å²) in [4.78, 5) is 5.28. The van der Waals surface area contributed by atoms with Crippen LogP contribution in [-0.4, -0.2) is 51.8 Å². The molecule has 0 bridgehead atoms. The van der Waals surface area contributed by atoms with Gasteiger partial charge in [0.15, 0.2) is 9.84 Å². The smallest absolute Gasteiger partial charge is 0.182 e. The molecule has 2 unspecified atom stereocenters. The highest BCUT2D eigenvalue weighted by Gasteiger charge is 2.45. The van der Waals surface area contributed by atoms with Crippen molar-refractivity contribution in [1.29, 1.82) is 0 Å². The van der Waals surface area contributed by atoms with Gasteiger partial charge in [-0.1, -0.05) is 26.0 Å². The number of hydrogen-bond donors (Lipinski definition) is 0. The fourth-order valence-electron chi connectivity index (χ4n) is 3.95. The van der Waals surface area contributed by atoms with Crippen LogP contribution in [-0.2, 0) is 9.84 Å². The predicted octanol–water partition coefficient (Wildman–Crippen LogP) is 2.11. The molecule has 116 valence electrons. The SMILES string of the molecule is CC.CN1CCC2C(C1)c1cccc3c1N2CCS3(=O)=O. The highest BCUT2D eigenvalue weighted by molar-refractivity contribution is 7.91. The summed E-state index contributed by atoms with van der Waals surface area (Å²) in [5.41, 5.74) is 2.26. The molecular formula is C16H24N2O2S. The van der Waals surface area contributed by atoms with Gasteiger partial charge < -0.3 is 9.80 Å². The first-order valence-electron chi connectivity index (χ1n) is 7.89. The van der Waals surface area contributed by atoms with Crippen molar-refractivity contribution in [3.05, 3.63) is 23.8 Å². The lowest BCUT2D eigenvalue weighted by Gasteiger charge is -2.38. The third kappa shape index (κ3) is 2.18. The van der Waals surface area contributed by atoms with Gasteiger partial charge >= 0.3 is 0 Å². The Balaban J connectivity index is 0.000000636. The number of rotatable bonds is 0. The van der Waals surface area contributed by atoms with Gasteiger partial charge in [-0.2, -0.15) is 0 Å². The zero-order valence-corrected chi connectivity index (χ0v) is 13.9. The average molecular weight is 308 g/mol. The van der Waals surface area contributed by atoms with Crippen molar-refractivity contribution in [2.45, 2.75) is 37.1 Å². The Hall–Kier alpha value is -1.07. The van der Waals surface area contributed by atoms with Gasteiger partial charge in [-0.3, -0.25) is 0 Å². The molecular weight excluding hydrogens is 284 g/mol. The highest BCUT2D eigenvalue weighted by atomic mass is 32.2. The number of hydrogen-bond acceptors (Lipinski definition) is 4. The van der Waals surface area contributed by atoms with Crippen molar-refractivity contribution < 1.29 is 8.42 Å². The van der Waals surface area contributed by atoms with Gasteiger partial charge in [0, 0.05) is 25.0 Å². The van der Waals surface area contributed by atoms with Crippen LogP contribution in [0.3, 0.4) is 0 Å². The van der Waals surface area contributed by atoms with Gasteiger partial charge in [-0.25, -0.2) is 8.42 Å². The third-order valence-corrected chi connectivity index (χ3v) is 6.55. The zero-order valence-electron chi connectivity index (χ0n) is 13.0. The molecule has 0 saturated carbocycles. The van der Waals surface area contributed by atoms with Gasteiger partial charge in [0.2, 0.25) is 0 Å². The molecule has 0 aromatic heterocycles. The van der Waals surface area contributed by atoms with Crippen LogP contribution in [0.15, 0.2) is 23.1 Å². The summed E-state index contributed by atoms with van der Waals surface area (Å²) in [6, 6.07) is 6.31. The van der Waals surface area contributed by atoms with Crippen LogP contribution in [0.4, 0.5) is 5.69 Å². The third-order valence-electron chi connectivity index (χ3n) is 4.83. The number of anilines is 1. The number of para-hydroxylation sites is 1. The number of nitrogens with zero attached hydrogens (tertiary/aromatic N) is 2. The Morgan fingerprint density at radius 1 is 1.19 bits per heavy atom. The van der Waals surface area contributed by atoms with E-state index in [1.165, 1.54) is 5.56 Å². The molecule has 1 aromatic rings. The van der Waals surface area contributed by atoms with E-state index in [1.807, 2.05) is 19.9 Å². The van der Waals surface area contributed by atoms with E-state index in [2.05, 4.69) is 22.9 Å². The standard InChI is InChI=1S/C14H18N2O2S.C2H6/c1-15-6-5-12-11(9-15)10-3-2-4-13-14(10)16(12)7-8-19(13,17)18;1-2/h2-4,11-12H,5-9H2,1H3;1-2H3. The molecule has 0 N–H and O–H groups in total. The highest BCUT2D eigenvalue weighted by Crippen LogP contribution is 2.49. The van der Waals surface area contributed by atoms with Crippen LogP contribution >= 0.6 is 0 Å². The van der Waals surface area contributed by atoms with Crippen molar-refractivity contribution in [2.75, 3.05) is 37.3 Å². The Bertz CT molecular complexity index is 642. The molecule has 0 aliphatic carbocycles. The summed E-state index contributed by atoms with van der Waals surface area (Å²) >= 11 is 0. The van der Waals surface area contributed by atoms with E-state index >= 15 is 0 Å². The number of likely N-dealkylation sites (tertiary alicyclic amines) is 1. The summed E-state index contributed by atoms with van der Waals surface area (Å²) in [5, 5.41) is 0. The molecule has 1 saturated heterocycles. The molecule has 4 nitrogen and oxygen atoms in total. The van der Waals surface area contributed by atoms with Crippen LogP contribution in [0.1, 0.15) is 31.7 Å². The lowest BCUT2D eigenvalue weighted by atomic mass is 9.89. The topological polar surface area (TPSA) is 40.6 Å². The largest absolute Gasteiger partial charge is 0.366 e. The van der Waals surface area contributed by atoms with E-state index in [1.54, 1.807) is 6.07 Å². The number of benzene rings is 1. The second-order valence-corrected chi connectivity index (χ2v) is 8.01. The molecule has 1 aromatic carbocycles. The zero-order chi connectivity index (χ0) is 15.2. The normalized spacial score (nSPS) is 29.2. The van der Waals surface area contributed by atoms with E-state index in [9.17, 15) is 8.42 Å². The first-order chi connectivity index (χ1) is 10.1. The maximum absolute atomic E-state index is 12.2. The van der Waals surface area contributed by atoms with Crippen LogP contribution < -0.4 is 4.90 Å². The average Bonchev–Trinajstić information content (AvgIpc) is 2.80. The van der Waals surface area contributed by atoms with Crippen molar-refractivity contribution >= 4 is 15.5 Å². The quantitative estimate of drug-likeness (QED) is 0.736. The maximum Gasteiger partial charge on any atom is 0.182 e. The van der Waals surface area contributed by atoms with Crippen molar-refractivity contribution in [3.8, 4) is 0 Å². The lowest BCUT2D eigenvalue weighted by Crippen LogP contribution is -2.47. The number of fused-ring (bicyclic) bond motifs is 3. The van der Waals surface area contributed by atoms with Crippen LogP contribution in [0.25, 0.3) is 0 Å². The minimum Gasteiger partial charge on any atom is -0.366 e. The maximum atomic E-state index is 12.2. The molecule has 2 atom stereocenters. The van der Waals surface area contributed by atoms with Gasteiger partial charge in [-0.05, 0) is 31.6 Å². The van der Waals surface area contributed by atoms with Crippen molar-refractivity contribution in [2.24, 2.45) is 0 Å². The predicted molar refractivity (Wildman–Crippen MR) is 85.8 cm³/mol. The Morgan fingerprint density at radius 3 is 2.71 bits per heavy atom. The summed E-state index contributed by atoms with van der Waals surface area (Å²) in [6.07, 6.45) is 1.13. The van der Waals surface area contributed by atoms with Crippen LogP contribution in [0.2, 0.25) is 0 Å². The second-order valence-electron chi connectivity index (χ2n) is 5.93. The van der Waals surface area contributed by atoms with E-state index in [0.717, 1.165) is 25.2 Å². The second kappa shape index (κ2) is 5.29. The van der Waals surface area contributed by atoms with Crippen LogP contribution in [0.5, 0.6) is 0 Å². The van der Waals surface area contributed by atoms with E-state index in [0.29, 0.717) is 23.4 Å². The van der Waals surface area contributed by atoms with Gasteiger partial charge in [-0.15, -0.1) is 0 Å². The molecule has 0 amide bonds. The summed E-state index contributed by atoms with van der Waals surface area (Å²) < 4.78 is 24.5. The Labute approximate surface area is 127 Å². The van der Waals surface area contributed by atoms with Gasteiger partial charge in [0.25, 0.3) is 0 Å². The fourth-order valence-corrected chi connectivity index (χ4v) is 5.42.